The van der Waals surface area contributed by atoms with E-state index in [0.717, 1.165) is 21.0 Å². The van der Waals surface area contributed by atoms with Gasteiger partial charge in [0.1, 0.15) is 0 Å². The molecule has 0 N–H and O–H groups in total. The molecule has 0 saturated heterocycles. The van der Waals surface area contributed by atoms with Crippen molar-refractivity contribution >= 4 is 49.8 Å². The Hall–Kier alpha value is -2.87. The maximum Gasteiger partial charge on any atom is 0.279 e. The Labute approximate surface area is 159 Å². The molecule has 1 aromatic heterocycles. The number of benzene rings is 3. The van der Waals surface area contributed by atoms with E-state index in [0.29, 0.717) is 21.9 Å². The number of terminal acetylenes is 1. The molecule has 5 heteroatoms. The van der Waals surface area contributed by atoms with E-state index < -0.39 is 0 Å². The number of carbonyl (C=O) groups excluding carboxylic acids is 1. The highest BCUT2D eigenvalue weighted by molar-refractivity contribution is 7.16. The van der Waals surface area contributed by atoms with Gasteiger partial charge in [0.25, 0.3) is 5.91 Å². The number of amides is 1. The molecule has 0 spiro atoms. The maximum absolute atomic E-state index is 12.7. The van der Waals surface area contributed by atoms with E-state index in [9.17, 15) is 4.79 Å². The fourth-order valence-corrected chi connectivity index (χ4v) is 4.27. The summed E-state index contributed by atoms with van der Waals surface area (Å²) >= 11 is 7.72. The Morgan fingerprint density at radius 1 is 1.12 bits per heavy atom. The molecule has 0 radical (unpaired) electrons. The molecule has 0 unspecified atom stereocenters. The van der Waals surface area contributed by atoms with Gasteiger partial charge in [0, 0.05) is 5.56 Å². The van der Waals surface area contributed by atoms with E-state index in [2.05, 4.69) is 10.9 Å². The summed E-state index contributed by atoms with van der Waals surface area (Å²) in [5.74, 6) is 2.31. The number of rotatable bonds is 2. The van der Waals surface area contributed by atoms with Crippen LogP contribution in [0.4, 0.5) is 0 Å². The number of aromatic nitrogens is 1. The predicted molar refractivity (Wildman–Crippen MR) is 107 cm³/mol. The lowest BCUT2D eigenvalue weighted by molar-refractivity contribution is 0.0998. The molecule has 126 valence electrons. The summed E-state index contributed by atoms with van der Waals surface area (Å²) in [5.41, 5.74) is 1.35. The van der Waals surface area contributed by atoms with E-state index >= 15 is 0 Å². The van der Waals surface area contributed by atoms with Gasteiger partial charge in [-0.15, -0.1) is 6.42 Å². The fraction of sp³-hybridized carbons (Fsp3) is 0.0476. The van der Waals surface area contributed by atoms with E-state index in [1.54, 1.807) is 16.7 Å². The number of para-hydroxylation sites is 1. The lowest BCUT2D eigenvalue weighted by Gasteiger charge is -2.02. The number of thiazole rings is 1. The van der Waals surface area contributed by atoms with Crippen molar-refractivity contribution in [1.82, 2.24) is 4.57 Å². The minimum absolute atomic E-state index is 0.299. The Morgan fingerprint density at radius 3 is 2.73 bits per heavy atom. The number of hydrogen-bond donors (Lipinski definition) is 0. The van der Waals surface area contributed by atoms with Gasteiger partial charge in [-0.2, -0.15) is 4.99 Å². The zero-order valence-corrected chi connectivity index (χ0v) is 15.2. The van der Waals surface area contributed by atoms with Crippen molar-refractivity contribution in [2.45, 2.75) is 6.54 Å². The SMILES string of the molecule is C#CCn1c(=NC(=O)c2ccc3ccccc3c2)sc2cccc(Cl)c21. The zero-order chi connectivity index (χ0) is 18.1. The van der Waals surface area contributed by atoms with Crippen molar-refractivity contribution in [1.29, 1.82) is 0 Å². The van der Waals surface area contributed by atoms with Crippen molar-refractivity contribution in [3.8, 4) is 12.3 Å². The Balaban J connectivity index is 1.86. The van der Waals surface area contributed by atoms with Crippen LogP contribution in [-0.4, -0.2) is 10.5 Å². The molecule has 26 heavy (non-hydrogen) atoms. The Morgan fingerprint density at radius 2 is 1.92 bits per heavy atom. The molecular weight excluding hydrogens is 364 g/mol. The number of hydrogen-bond acceptors (Lipinski definition) is 2. The summed E-state index contributed by atoms with van der Waals surface area (Å²) in [5, 5.41) is 2.68. The van der Waals surface area contributed by atoms with Gasteiger partial charge >= 0.3 is 0 Å². The Bertz CT molecular complexity index is 1260. The summed E-state index contributed by atoms with van der Waals surface area (Å²) < 4.78 is 2.75. The smallest absolute Gasteiger partial charge is 0.279 e. The molecule has 3 nitrogen and oxygen atoms in total. The lowest BCUT2D eigenvalue weighted by atomic mass is 10.1. The van der Waals surface area contributed by atoms with Crippen LogP contribution in [0.5, 0.6) is 0 Å². The molecule has 3 aromatic carbocycles. The van der Waals surface area contributed by atoms with Gasteiger partial charge in [0.15, 0.2) is 4.80 Å². The predicted octanol–water partition coefficient (Wildman–Crippen LogP) is 4.88. The molecule has 0 saturated carbocycles. The van der Waals surface area contributed by atoms with Gasteiger partial charge in [-0.05, 0) is 35.0 Å². The van der Waals surface area contributed by atoms with Crippen LogP contribution in [-0.2, 0) is 6.54 Å². The quantitative estimate of drug-likeness (QED) is 0.459. The maximum atomic E-state index is 12.7. The summed E-state index contributed by atoms with van der Waals surface area (Å²) in [4.78, 5) is 17.6. The number of carbonyl (C=O) groups is 1. The number of fused-ring (bicyclic) bond motifs is 2. The number of halogens is 1. The molecule has 1 amide bonds. The summed E-state index contributed by atoms with van der Waals surface area (Å²) in [6.45, 7) is 0.299. The standard InChI is InChI=1S/C21H13ClN2OS/c1-2-12-24-19-17(22)8-5-9-18(19)26-21(24)23-20(25)16-11-10-14-6-3-4-7-15(14)13-16/h1,3-11,13H,12H2. The van der Waals surface area contributed by atoms with E-state index in [4.69, 9.17) is 18.0 Å². The molecule has 0 aliphatic heterocycles. The topological polar surface area (TPSA) is 34.4 Å². The van der Waals surface area contributed by atoms with Crippen LogP contribution in [0.15, 0.2) is 65.7 Å². The molecule has 0 fully saturated rings. The van der Waals surface area contributed by atoms with Crippen LogP contribution in [0.1, 0.15) is 10.4 Å². The van der Waals surface area contributed by atoms with Crippen molar-refractivity contribution in [2.75, 3.05) is 0 Å². The second-order valence-corrected chi connectivity index (χ2v) is 7.16. The van der Waals surface area contributed by atoms with E-state index in [1.807, 2.05) is 48.5 Å². The highest BCUT2D eigenvalue weighted by Crippen LogP contribution is 2.25. The first kappa shape index (κ1) is 16.6. The summed E-state index contributed by atoms with van der Waals surface area (Å²) in [7, 11) is 0. The van der Waals surface area contributed by atoms with Crippen LogP contribution in [0.3, 0.4) is 0 Å². The average molecular weight is 377 g/mol. The minimum atomic E-state index is -0.302. The normalized spacial score (nSPS) is 11.8. The van der Waals surface area contributed by atoms with Gasteiger partial charge in [-0.1, -0.05) is 65.3 Å². The third-order valence-corrected chi connectivity index (χ3v) is 5.44. The van der Waals surface area contributed by atoms with Crippen molar-refractivity contribution in [3.05, 3.63) is 76.1 Å². The number of nitrogens with zero attached hydrogens (tertiary/aromatic N) is 2. The van der Waals surface area contributed by atoms with Crippen molar-refractivity contribution < 1.29 is 4.79 Å². The first-order valence-electron chi connectivity index (χ1n) is 7.96. The van der Waals surface area contributed by atoms with Gasteiger partial charge < -0.3 is 4.57 Å². The molecule has 1 heterocycles. The van der Waals surface area contributed by atoms with Crippen molar-refractivity contribution in [2.24, 2.45) is 4.99 Å². The van der Waals surface area contributed by atoms with E-state index in [-0.39, 0.29) is 5.91 Å². The Kier molecular flexibility index (Phi) is 4.34. The summed E-state index contributed by atoms with van der Waals surface area (Å²) in [6.07, 6.45) is 5.50. The van der Waals surface area contributed by atoms with Crippen LogP contribution in [0.25, 0.3) is 21.0 Å². The van der Waals surface area contributed by atoms with Gasteiger partial charge in [-0.3, -0.25) is 4.79 Å². The minimum Gasteiger partial charge on any atom is -0.303 e. The van der Waals surface area contributed by atoms with Crippen LogP contribution in [0, 0.1) is 12.3 Å². The lowest BCUT2D eigenvalue weighted by Crippen LogP contribution is -2.16. The molecular formula is C21H13ClN2OS. The largest absolute Gasteiger partial charge is 0.303 e. The first-order chi connectivity index (χ1) is 12.7. The monoisotopic (exact) mass is 376 g/mol. The van der Waals surface area contributed by atoms with Gasteiger partial charge in [-0.25, -0.2) is 0 Å². The van der Waals surface area contributed by atoms with Crippen LogP contribution in [0.2, 0.25) is 5.02 Å². The second kappa shape index (κ2) is 6.80. The van der Waals surface area contributed by atoms with Gasteiger partial charge in [0.2, 0.25) is 0 Å². The molecule has 0 aliphatic rings. The van der Waals surface area contributed by atoms with Crippen LogP contribution >= 0.6 is 22.9 Å². The van der Waals surface area contributed by atoms with Crippen molar-refractivity contribution in [3.63, 3.8) is 0 Å². The first-order valence-corrected chi connectivity index (χ1v) is 9.16. The third kappa shape index (κ3) is 2.92. The molecule has 0 bridgehead atoms. The molecule has 4 aromatic rings. The third-order valence-electron chi connectivity index (χ3n) is 4.09. The van der Waals surface area contributed by atoms with E-state index in [1.165, 1.54) is 11.3 Å². The highest BCUT2D eigenvalue weighted by Gasteiger charge is 2.11. The second-order valence-electron chi connectivity index (χ2n) is 5.74. The zero-order valence-electron chi connectivity index (χ0n) is 13.6. The average Bonchev–Trinajstić information content (AvgIpc) is 3.00. The highest BCUT2D eigenvalue weighted by atomic mass is 35.5. The molecule has 0 atom stereocenters. The molecule has 0 aliphatic carbocycles. The summed E-state index contributed by atoms with van der Waals surface area (Å²) in [6, 6.07) is 19.1. The molecule has 4 rings (SSSR count). The van der Waals surface area contributed by atoms with Crippen LogP contribution < -0.4 is 4.80 Å². The van der Waals surface area contributed by atoms with Gasteiger partial charge in [0.05, 0.1) is 21.8 Å². The fourth-order valence-electron chi connectivity index (χ4n) is 2.88.